The van der Waals surface area contributed by atoms with Crippen molar-refractivity contribution in [1.82, 2.24) is 9.80 Å². The van der Waals surface area contributed by atoms with Gasteiger partial charge in [-0.25, -0.2) is 0 Å². The molecule has 84 valence electrons. The second-order valence-electron chi connectivity index (χ2n) is 4.47. The summed E-state index contributed by atoms with van der Waals surface area (Å²) in [5, 5.41) is 17.8. The van der Waals surface area contributed by atoms with Crippen molar-refractivity contribution in [3.8, 4) is 12.1 Å². The number of nitrogens with zero attached hydrogens (tertiary/aromatic N) is 4. The van der Waals surface area contributed by atoms with Gasteiger partial charge in [0.15, 0.2) is 0 Å². The van der Waals surface area contributed by atoms with Crippen LogP contribution in [0.4, 0.5) is 0 Å². The zero-order valence-corrected chi connectivity index (χ0v) is 9.32. The van der Waals surface area contributed by atoms with E-state index < -0.39 is 0 Å². The van der Waals surface area contributed by atoms with Crippen LogP contribution in [0.1, 0.15) is 11.7 Å². The Kier molecular flexibility index (Phi) is 2.33. The van der Waals surface area contributed by atoms with Crippen molar-refractivity contribution in [3.63, 3.8) is 0 Å². The van der Waals surface area contributed by atoms with Crippen LogP contribution in [0, 0.1) is 22.7 Å². The number of hydrogen-bond acceptors (Lipinski definition) is 4. The third-order valence-electron chi connectivity index (χ3n) is 3.33. The van der Waals surface area contributed by atoms with Gasteiger partial charge < -0.3 is 0 Å². The van der Waals surface area contributed by atoms with Gasteiger partial charge in [-0.05, 0) is 5.56 Å². The number of hydrogen-bond donors (Lipinski definition) is 0. The highest BCUT2D eigenvalue weighted by molar-refractivity contribution is 5.26. The topological polar surface area (TPSA) is 53.6 Å². The fourth-order valence-corrected chi connectivity index (χ4v) is 2.27. The van der Waals surface area contributed by atoms with Crippen molar-refractivity contribution >= 4 is 0 Å². The van der Waals surface area contributed by atoms with Crippen LogP contribution in [0.2, 0.25) is 0 Å². The summed E-state index contributed by atoms with van der Waals surface area (Å²) in [4.78, 5) is 4.26. The molecule has 0 aliphatic carbocycles. The molecule has 17 heavy (non-hydrogen) atoms. The van der Waals surface area contributed by atoms with Crippen LogP contribution in [-0.2, 0) is 0 Å². The Morgan fingerprint density at radius 3 is 1.94 bits per heavy atom. The Morgan fingerprint density at radius 2 is 1.53 bits per heavy atom. The van der Waals surface area contributed by atoms with Crippen LogP contribution in [0.15, 0.2) is 30.3 Å². The molecule has 2 saturated heterocycles. The van der Waals surface area contributed by atoms with Gasteiger partial charge in [-0.15, -0.1) is 0 Å². The highest BCUT2D eigenvalue weighted by Gasteiger charge is 2.50. The lowest BCUT2D eigenvalue weighted by Gasteiger charge is -2.20. The van der Waals surface area contributed by atoms with Crippen molar-refractivity contribution in [2.24, 2.45) is 0 Å². The van der Waals surface area contributed by atoms with Gasteiger partial charge in [0.2, 0.25) is 0 Å². The molecule has 1 aromatic rings. The van der Waals surface area contributed by atoms with E-state index >= 15 is 0 Å². The van der Waals surface area contributed by atoms with Gasteiger partial charge in [0.05, 0.1) is 18.3 Å². The molecule has 0 saturated carbocycles. The van der Waals surface area contributed by atoms with E-state index in [4.69, 9.17) is 10.5 Å². The van der Waals surface area contributed by atoms with Crippen molar-refractivity contribution in [1.29, 1.82) is 10.5 Å². The monoisotopic (exact) mass is 224 g/mol. The van der Waals surface area contributed by atoms with Crippen LogP contribution < -0.4 is 0 Å². The largest absolute Gasteiger partial charge is 0.264 e. The Balaban J connectivity index is 1.84. The van der Waals surface area contributed by atoms with Crippen molar-refractivity contribution in [3.05, 3.63) is 35.9 Å². The minimum atomic E-state index is 0.0140. The van der Waals surface area contributed by atoms with Gasteiger partial charge in [0.25, 0.3) is 0 Å². The lowest BCUT2D eigenvalue weighted by atomic mass is 10.1. The summed E-state index contributed by atoms with van der Waals surface area (Å²) in [5.41, 5.74) is 1.17. The van der Waals surface area contributed by atoms with Crippen LogP contribution in [0.5, 0.6) is 0 Å². The summed E-state index contributed by atoms with van der Waals surface area (Å²) in [6, 6.07) is 14.7. The summed E-state index contributed by atoms with van der Waals surface area (Å²) in [5.74, 6) is 0. The maximum absolute atomic E-state index is 8.92. The van der Waals surface area contributed by atoms with Gasteiger partial charge in [-0.3, -0.25) is 9.80 Å². The Bertz CT molecular complexity index is 470. The zero-order valence-electron chi connectivity index (χ0n) is 9.32. The van der Waals surface area contributed by atoms with Crippen LogP contribution in [0.25, 0.3) is 0 Å². The molecule has 3 rings (SSSR count). The lowest BCUT2D eigenvalue weighted by Crippen LogP contribution is -2.21. The van der Waals surface area contributed by atoms with Crippen molar-refractivity contribution in [2.45, 2.75) is 18.2 Å². The summed E-state index contributed by atoms with van der Waals surface area (Å²) >= 11 is 0. The van der Waals surface area contributed by atoms with E-state index in [0.717, 1.165) is 13.1 Å². The molecule has 4 atom stereocenters. The summed E-state index contributed by atoms with van der Waals surface area (Å²) in [7, 11) is 0. The fraction of sp³-hybridized carbons (Fsp3) is 0.385. The molecule has 1 aromatic carbocycles. The standard InChI is InChI=1S/C13H12N4/c14-6-11-8-16(11)13(17-9-12(17)7-15)10-4-2-1-3-5-10/h1-5,11-13H,8-9H2. The molecule has 2 heterocycles. The SMILES string of the molecule is N#CC1CN1C(c1ccccc1)N1CC1C#N. The first-order chi connectivity index (χ1) is 8.35. The third kappa shape index (κ3) is 1.78. The number of benzene rings is 1. The predicted molar refractivity (Wildman–Crippen MR) is 61.4 cm³/mol. The normalized spacial score (nSPS) is 35.4. The van der Waals surface area contributed by atoms with E-state index in [2.05, 4.69) is 34.1 Å². The average Bonchev–Trinajstić information content (AvgIpc) is 3.26. The molecular formula is C13H12N4. The molecule has 0 N–H and O–H groups in total. The fourth-order valence-electron chi connectivity index (χ4n) is 2.27. The number of nitriles is 2. The third-order valence-corrected chi connectivity index (χ3v) is 3.33. The Morgan fingerprint density at radius 1 is 1.00 bits per heavy atom. The molecule has 2 aliphatic rings. The molecule has 4 heteroatoms. The molecule has 0 aromatic heterocycles. The summed E-state index contributed by atoms with van der Waals surface area (Å²) in [6.07, 6.45) is 0.102. The van der Waals surface area contributed by atoms with Crippen molar-refractivity contribution < 1.29 is 0 Å². The van der Waals surface area contributed by atoms with Crippen molar-refractivity contribution in [2.75, 3.05) is 13.1 Å². The van der Waals surface area contributed by atoms with E-state index in [1.54, 1.807) is 0 Å². The highest BCUT2D eigenvalue weighted by atomic mass is 15.5. The van der Waals surface area contributed by atoms with E-state index in [1.807, 2.05) is 18.2 Å². The second-order valence-corrected chi connectivity index (χ2v) is 4.47. The lowest BCUT2D eigenvalue weighted by molar-refractivity contribution is 0.237. The molecule has 0 spiro atoms. The Labute approximate surface area is 100 Å². The molecule has 0 amide bonds. The van der Waals surface area contributed by atoms with Crippen LogP contribution in [-0.4, -0.2) is 35.0 Å². The first kappa shape index (κ1) is 10.3. The van der Waals surface area contributed by atoms with E-state index in [-0.39, 0.29) is 18.2 Å². The molecule has 4 unspecified atom stereocenters. The van der Waals surface area contributed by atoms with Gasteiger partial charge in [-0.1, -0.05) is 30.3 Å². The predicted octanol–water partition coefficient (Wildman–Crippen LogP) is 1.10. The maximum Gasteiger partial charge on any atom is 0.112 e. The quantitative estimate of drug-likeness (QED) is 0.721. The van der Waals surface area contributed by atoms with Crippen LogP contribution in [0.3, 0.4) is 0 Å². The zero-order chi connectivity index (χ0) is 11.8. The molecule has 0 bridgehead atoms. The minimum Gasteiger partial charge on any atom is -0.264 e. The molecule has 4 nitrogen and oxygen atoms in total. The highest BCUT2D eigenvalue weighted by Crippen LogP contribution is 2.40. The first-order valence-electron chi connectivity index (χ1n) is 5.71. The van der Waals surface area contributed by atoms with Gasteiger partial charge in [-0.2, -0.15) is 10.5 Å². The Hall–Kier alpha value is -1.88. The van der Waals surface area contributed by atoms with E-state index in [1.165, 1.54) is 5.56 Å². The van der Waals surface area contributed by atoms with E-state index in [9.17, 15) is 0 Å². The smallest absolute Gasteiger partial charge is 0.112 e. The van der Waals surface area contributed by atoms with Gasteiger partial charge >= 0.3 is 0 Å². The maximum atomic E-state index is 8.92. The molecule has 0 radical (unpaired) electrons. The molecule has 2 aliphatic heterocycles. The van der Waals surface area contributed by atoms with E-state index in [0.29, 0.717) is 0 Å². The van der Waals surface area contributed by atoms with Crippen LogP contribution >= 0.6 is 0 Å². The average molecular weight is 224 g/mol. The first-order valence-corrected chi connectivity index (χ1v) is 5.71. The molecule has 2 fully saturated rings. The minimum absolute atomic E-state index is 0.0140. The van der Waals surface area contributed by atoms with Gasteiger partial charge in [0, 0.05) is 13.1 Å². The number of rotatable bonds is 3. The summed E-state index contributed by atoms with van der Waals surface area (Å²) < 4.78 is 0. The second kappa shape index (κ2) is 3.85. The summed E-state index contributed by atoms with van der Waals surface area (Å²) in [6.45, 7) is 1.62. The molecular weight excluding hydrogens is 212 g/mol. The van der Waals surface area contributed by atoms with Gasteiger partial charge in [0.1, 0.15) is 12.1 Å².